The van der Waals surface area contributed by atoms with Gasteiger partial charge in [0, 0.05) is 25.7 Å². The number of rotatable bonds is 78. The maximum atomic E-state index is 13.1. The normalized spacial score (nSPS) is 14.6. The molecule has 0 aliphatic rings. The van der Waals surface area contributed by atoms with Gasteiger partial charge in [0.25, 0.3) is 0 Å². The molecule has 3 N–H and O–H groups in total. The number of ether oxygens (including phenoxy) is 4. The summed E-state index contributed by atoms with van der Waals surface area (Å²) < 4.78 is 68.6. The summed E-state index contributed by atoms with van der Waals surface area (Å²) in [5, 5.41) is 10.6. The highest BCUT2D eigenvalue weighted by Crippen LogP contribution is 2.45. The number of phosphoric acid groups is 2. The largest absolute Gasteiger partial charge is 0.472 e. The molecule has 0 aliphatic heterocycles. The van der Waals surface area contributed by atoms with E-state index < -0.39 is 97.5 Å². The van der Waals surface area contributed by atoms with Crippen molar-refractivity contribution in [2.45, 2.75) is 433 Å². The van der Waals surface area contributed by atoms with Crippen molar-refractivity contribution < 1.29 is 80.2 Å². The van der Waals surface area contributed by atoms with E-state index in [1.807, 2.05) is 0 Å². The molecule has 0 saturated heterocycles. The van der Waals surface area contributed by atoms with Crippen LogP contribution in [-0.4, -0.2) is 96.7 Å². The first kappa shape index (κ1) is 98.1. The number of aliphatic hydroxyl groups excluding tert-OH is 1. The predicted molar refractivity (Wildman–Crippen MR) is 409 cm³/mol. The highest BCUT2D eigenvalue weighted by atomic mass is 31.2. The molecule has 0 saturated carbocycles. The van der Waals surface area contributed by atoms with E-state index in [1.165, 1.54) is 218 Å². The molecule has 0 bridgehead atoms. The van der Waals surface area contributed by atoms with Gasteiger partial charge in [-0.1, -0.05) is 364 Å². The first-order chi connectivity index (χ1) is 48.2. The zero-order valence-electron chi connectivity index (χ0n) is 65.8. The summed E-state index contributed by atoms with van der Waals surface area (Å²) in [6, 6.07) is 0. The molecule has 594 valence electrons. The van der Waals surface area contributed by atoms with Gasteiger partial charge in [-0.2, -0.15) is 0 Å². The Labute approximate surface area is 613 Å². The van der Waals surface area contributed by atoms with E-state index in [2.05, 4.69) is 55.4 Å². The number of aliphatic hydroxyl groups is 1. The van der Waals surface area contributed by atoms with Crippen LogP contribution in [0.25, 0.3) is 0 Å². The van der Waals surface area contributed by atoms with Crippen LogP contribution in [0.3, 0.4) is 0 Å². The van der Waals surface area contributed by atoms with Crippen molar-refractivity contribution in [1.82, 2.24) is 0 Å². The fourth-order valence-electron chi connectivity index (χ4n) is 12.4. The minimum absolute atomic E-state index is 0.102. The SMILES string of the molecule is CCC(C)CCCCCCCCCCCCCCCCC(=O)O[C@H](COC(=O)CCCCCCCCCCCCCCCCCCCCC(C)C)COP(=O)(O)OCC(O)COP(=O)(O)OC[C@@H](COC(=O)CCCCCCCCCCC(C)C)OC(=O)CCCCCCCCC(C)CC. The van der Waals surface area contributed by atoms with E-state index in [0.29, 0.717) is 25.7 Å². The Morgan fingerprint density at radius 2 is 0.480 bits per heavy atom. The zero-order valence-corrected chi connectivity index (χ0v) is 67.6. The number of hydrogen-bond acceptors (Lipinski definition) is 15. The molecule has 0 amide bonds. The van der Waals surface area contributed by atoms with Gasteiger partial charge >= 0.3 is 39.5 Å². The third-order valence-corrected chi connectivity index (χ3v) is 21.4. The van der Waals surface area contributed by atoms with E-state index in [1.54, 1.807) is 0 Å². The summed E-state index contributed by atoms with van der Waals surface area (Å²) in [4.78, 5) is 73.0. The highest BCUT2D eigenvalue weighted by Gasteiger charge is 2.30. The minimum atomic E-state index is -4.96. The second kappa shape index (κ2) is 70.1. The molecule has 0 rings (SSSR count). The molecule has 0 radical (unpaired) electrons. The molecule has 0 fully saturated rings. The topological polar surface area (TPSA) is 237 Å². The highest BCUT2D eigenvalue weighted by molar-refractivity contribution is 7.47. The van der Waals surface area contributed by atoms with Crippen molar-refractivity contribution >= 4 is 39.5 Å². The van der Waals surface area contributed by atoms with Crippen LogP contribution in [-0.2, 0) is 65.4 Å². The summed E-state index contributed by atoms with van der Waals surface area (Å²) in [6.45, 7) is 14.2. The van der Waals surface area contributed by atoms with Gasteiger partial charge in [0.2, 0.25) is 0 Å². The van der Waals surface area contributed by atoms with Crippen molar-refractivity contribution in [3.05, 3.63) is 0 Å². The Hall–Kier alpha value is -1.94. The first-order valence-corrected chi connectivity index (χ1v) is 44.8. The van der Waals surface area contributed by atoms with Crippen molar-refractivity contribution in [1.29, 1.82) is 0 Å². The molecular formula is C81H158O17P2. The van der Waals surface area contributed by atoms with Gasteiger partial charge in [0.1, 0.15) is 19.3 Å². The van der Waals surface area contributed by atoms with Gasteiger partial charge in [-0.05, 0) is 49.4 Å². The Kier molecular flexibility index (Phi) is 68.7. The summed E-state index contributed by atoms with van der Waals surface area (Å²) >= 11 is 0. The fraction of sp³-hybridized carbons (Fsp3) is 0.951. The lowest BCUT2D eigenvalue weighted by Gasteiger charge is -2.21. The van der Waals surface area contributed by atoms with Gasteiger partial charge in [-0.15, -0.1) is 0 Å². The summed E-state index contributed by atoms with van der Waals surface area (Å²) in [5.41, 5.74) is 0. The standard InChI is InChI=1S/C81H158O17P2/c1-9-73(7)59-51-43-35-28-24-20-17-18-22-26-30-38-47-55-63-80(85)97-76(67-91-78(83)61-53-45-36-29-25-21-16-14-12-11-13-15-19-23-27-33-41-49-57-71(3)4)69-95-99(87,88)93-65-75(82)66-94-100(89,90)96-70-77(98-81(86)64-56-48-40-39-44-52-60-74(8)10-2)68-92-79(84)62-54-46-37-32-31-34-42-50-58-72(5)6/h71-77,82H,9-70H2,1-8H3,(H,87,88)(H,89,90)/t73?,74?,75?,76-,77-/m1/s1. The molecule has 19 heteroatoms. The molecular weight excluding hydrogens is 1310 g/mol. The average Bonchev–Trinajstić information content (AvgIpc) is 0.979. The Morgan fingerprint density at radius 3 is 0.710 bits per heavy atom. The number of esters is 4. The molecule has 7 atom stereocenters. The van der Waals surface area contributed by atoms with Crippen LogP contribution in [0.1, 0.15) is 415 Å². The summed E-state index contributed by atoms with van der Waals surface area (Å²) in [5.74, 6) is 0.997. The molecule has 0 spiro atoms. The quantitative estimate of drug-likeness (QED) is 0.0222. The van der Waals surface area contributed by atoms with Crippen LogP contribution in [0, 0.1) is 23.7 Å². The van der Waals surface area contributed by atoms with Crippen LogP contribution in [0.2, 0.25) is 0 Å². The number of unbranched alkanes of at least 4 members (excludes halogenated alkanes) is 42. The Bertz CT molecular complexity index is 1960. The summed E-state index contributed by atoms with van der Waals surface area (Å²) in [6.07, 6.45) is 57.1. The van der Waals surface area contributed by atoms with Gasteiger partial charge in [-0.25, -0.2) is 9.13 Å². The van der Waals surface area contributed by atoms with Crippen LogP contribution >= 0.6 is 15.6 Å². The second-order valence-electron chi connectivity index (χ2n) is 30.6. The molecule has 17 nitrogen and oxygen atoms in total. The fourth-order valence-corrected chi connectivity index (χ4v) is 13.9. The number of phosphoric ester groups is 2. The van der Waals surface area contributed by atoms with Crippen LogP contribution in [0.15, 0.2) is 0 Å². The van der Waals surface area contributed by atoms with Gasteiger partial charge in [0.05, 0.1) is 26.4 Å². The smallest absolute Gasteiger partial charge is 0.462 e. The molecule has 100 heavy (non-hydrogen) atoms. The van der Waals surface area contributed by atoms with E-state index in [9.17, 15) is 43.2 Å². The van der Waals surface area contributed by atoms with Crippen molar-refractivity contribution in [2.75, 3.05) is 39.6 Å². The summed E-state index contributed by atoms with van der Waals surface area (Å²) in [7, 11) is -9.92. The van der Waals surface area contributed by atoms with E-state index in [4.69, 9.17) is 37.0 Å². The number of carbonyl (C=O) groups is 4. The lowest BCUT2D eigenvalue weighted by molar-refractivity contribution is -0.161. The number of carbonyl (C=O) groups excluding carboxylic acids is 4. The lowest BCUT2D eigenvalue weighted by atomic mass is 9.99. The Balaban J connectivity index is 5.21. The van der Waals surface area contributed by atoms with Crippen LogP contribution < -0.4 is 0 Å². The minimum Gasteiger partial charge on any atom is -0.462 e. The third kappa shape index (κ3) is 71.7. The van der Waals surface area contributed by atoms with Crippen molar-refractivity contribution in [3.8, 4) is 0 Å². The maximum absolute atomic E-state index is 13.1. The van der Waals surface area contributed by atoms with E-state index in [0.717, 1.165) is 114 Å². The van der Waals surface area contributed by atoms with Gasteiger partial charge < -0.3 is 33.8 Å². The van der Waals surface area contributed by atoms with E-state index in [-0.39, 0.29) is 25.7 Å². The predicted octanol–water partition coefficient (Wildman–Crippen LogP) is 24.0. The van der Waals surface area contributed by atoms with Crippen LogP contribution in [0.5, 0.6) is 0 Å². The van der Waals surface area contributed by atoms with E-state index >= 15 is 0 Å². The van der Waals surface area contributed by atoms with Crippen molar-refractivity contribution in [3.63, 3.8) is 0 Å². The van der Waals surface area contributed by atoms with Gasteiger partial charge in [-0.3, -0.25) is 37.3 Å². The molecule has 0 aromatic heterocycles. The monoisotopic (exact) mass is 1470 g/mol. The van der Waals surface area contributed by atoms with Crippen LogP contribution in [0.4, 0.5) is 0 Å². The first-order valence-electron chi connectivity index (χ1n) is 41.8. The number of hydrogen-bond donors (Lipinski definition) is 3. The van der Waals surface area contributed by atoms with Crippen molar-refractivity contribution in [2.24, 2.45) is 23.7 Å². The average molecular weight is 1470 g/mol. The molecule has 0 aromatic carbocycles. The second-order valence-corrected chi connectivity index (χ2v) is 33.5. The van der Waals surface area contributed by atoms with Gasteiger partial charge in [0.15, 0.2) is 12.2 Å². The lowest BCUT2D eigenvalue weighted by Crippen LogP contribution is -2.30. The molecule has 0 aliphatic carbocycles. The molecule has 5 unspecified atom stereocenters. The maximum Gasteiger partial charge on any atom is 0.472 e. The third-order valence-electron chi connectivity index (χ3n) is 19.5. The Morgan fingerprint density at radius 1 is 0.280 bits per heavy atom. The molecule has 0 heterocycles. The zero-order chi connectivity index (χ0) is 73.8. The molecule has 0 aromatic rings.